The molecule has 0 saturated carbocycles. The molecule has 1 N–H and O–H groups in total. The second-order valence-electron chi connectivity index (χ2n) is 3.88. The number of fused-ring (bicyclic) bond motifs is 3. The predicted octanol–water partition coefficient (Wildman–Crippen LogP) is 2.39. The molecule has 108 valence electrons. The zero-order chi connectivity index (χ0) is 15.4. The normalized spacial score (nSPS) is 16.1. The summed E-state index contributed by atoms with van der Waals surface area (Å²) in [6.07, 6.45) is 7.75. The number of benzene rings is 1. The van der Waals surface area contributed by atoms with Crippen LogP contribution in [0.1, 0.15) is 17.5 Å². The maximum Gasteiger partial charge on any atom is 0 e. The molecule has 0 aromatic heterocycles. The molecule has 0 spiro atoms. The molecule has 1 heterocycles. The quantitative estimate of drug-likeness (QED) is 0.444. The molecule has 21 heavy (non-hydrogen) atoms. The fourth-order valence-electron chi connectivity index (χ4n) is 2.29. The van der Waals surface area contributed by atoms with E-state index in [4.69, 9.17) is 14.0 Å². The first-order valence-corrected chi connectivity index (χ1v) is 5.75. The van der Waals surface area contributed by atoms with Gasteiger partial charge in [0.1, 0.15) is 0 Å². The predicted molar refractivity (Wildman–Crippen MR) is 70.6 cm³/mol. The van der Waals surface area contributed by atoms with Crippen molar-refractivity contribution >= 4 is 5.57 Å². The average Bonchev–Trinajstić information content (AvgIpc) is 2.60. The Morgan fingerprint density at radius 3 is 2.29 bits per heavy atom. The number of hydrogen-bond acceptors (Lipinski definition) is 1. The fraction of sp³-hybridized carbons (Fsp3) is 0.188. The monoisotopic (exact) mass is 323 g/mol. The number of rotatable bonds is 0. The van der Waals surface area contributed by atoms with E-state index in [9.17, 15) is 0 Å². The van der Waals surface area contributed by atoms with Gasteiger partial charge in [0.2, 0.25) is 0 Å². The second kappa shape index (κ2) is 13.4. The summed E-state index contributed by atoms with van der Waals surface area (Å²) in [6.45, 7) is 14.5. The molecule has 3 rings (SSSR count). The van der Waals surface area contributed by atoms with Gasteiger partial charge in [-0.2, -0.15) is 0 Å². The Kier molecular flexibility index (Phi) is 13.8. The minimum atomic E-state index is 0. The van der Waals surface area contributed by atoms with Gasteiger partial charge in [-0.05, 0) is 23.1 Å². The standard InChI is InChI=1S/C13H13N.3CO.Fe/c1-2-6-11-10(5-1)9-14-13-8-4-3-7-12(11)13;3*1-2;/h1-7,13-14H,8-9H2;;;;. The Bertz CT molecular complexity index is 530. The summed E-state index contributed by atoms with van der Waals surface area (Å²) in [5, 5.41) is 3.56. The molecule has 1 aliphatic carbocycles. The van der Waals surface area contributed by atoms with Gasteiger partial charge in [-0.3, -0.25) is 0 Å². The molecule has 2 aliphatic rings. The van der Waals surface area contributed by atoms with Crippen molar-refractivity contribution < 1.29 is 31.0 Å². The van der Waals surface area contributed by atoms with E-state index >= 15 is 0 Å². The smallest absolute Gasteiger partial charge is 0 e. The Morgan fingerprint density at radius 2 is 1.62 bits per heavy atom. The molecule has 0 amide bonds. The Hall–Kier alpha value is -1.60. The van der Waals surface area contributed by atoms with Crippen LogP contribution in [0, 0.1) is 20.0 Å². The summed E-state index contributed by atoms with van der Waals surface area (Å²) in [4.78, 5) is 0. The molecule has 0 fully saturated rings. The zero-order valence-corrected chi connectivity index (χ0v) is 12.2. The van der Waals surface area contributed by atoms with Crippen LogP contribution < -0.4 is 5.32 Å². The van der Waals surface area contributed by atoms with Crippen molar-refractivity contribution in [3.63, 3.8) is 0 Å². The van der Waals surface area contributed by atoms with Gasteiger partial charge in [-0.1, -0.05) is 42.5 Å². The first-order valence-electron chi connectivity index (χ1n) is 5.75. The number of hydrogen-bond donors (Lipinski definition) is 1. The Labute approximate surface area is 134 Å². The van der Waals surface area contributed by atoms with Crippen molar-refractivity contribution in [3.8, 4) is 0 Å². The van der Waals surface area contributed by atoms with E-state index < -0.39 is 0 Å². The van der Waals surface area contributed by atoms with Gasteiger partial charge in [-0.15, -0.1) is 0 Å². The number of nitrogens with one attached hydrogen (secondary N) is 1. The minimum absolute atomic E-state index is 0. The van der Waals surface area contributed by atoms with Crippen LogP contribution in [0.4, 0.5) is 0 Å². The van der Waals surface area contributed by atoms with E-state index in [-0.39, 0.29) is 17.1 Å². The third kappa shape index (κ3) is 5.73. The Balaban J connectivity index is 0. The molecule has 1 aromatic rings. The van der Waals surface area contributed by atoms with Gasteiger partial charge >= 0.3 is 33.9 Å². The van der Waals surface area contributed by atoms with Crippen LogP contribution >= 0.6 is 0 Å². The van der Waals surface area contributed by atoms with Gasteiger partial charge in [0, 0.05) is 29.7 Å². The molecule has 0 radical (unpaired) electrons. The van der Waals surface area contributed by atoms with Crippen LogP contribution in [0.15, 0.2) is 42.5 Å². The molecule has 1 aliphatic heterocycles. The van der Waals surface area contributed by atoms with E-state index in [1.165, 1.54) is 16.7 Å². The molecular formula is C16H13FeNO3. The largest absolute Gasteiger partial charge is 0 e. The van der Waals surface area contributed by atoms with E-state index in [0.29, 0.717) is 6.04 Å². The van der Waals surface area contributed by atoms with E-state index in [1.807, 2.05) is 0 Å². The third-order valence-corrected chi connectivity index (χ3v) is 3.03. The SMILES string of the molecule is C1=CCC2NCc3ccccc3C2=C1.[C-]#[O+].[C-]#[O+].[C-]#[O+].[Fe]. The minimum Gasteiger partial charge on any atom is 0 e. The summed E-state index contributed by atoms with van der Waals surface area (Å²) in [5.41, 5.74) is 4.31. The van der Waals surface area contributed by atoms with Crippen LogP contribution in [-0.2, 0) is 37.6 Å². The molecular weight excluding hydrogens is 310 g/mol. The third-order valence-electron chi connectivity index (χ3n) is 3.03. The van der Waals surface area contributed by atoms with E-state index in [0.717, 1.165) is 13.0 Å². The molecule has 1 atom stereocenters. The Morgan fingerprint density at radius 1 is 1.00 bits per heavy atom. The van der Waals surface area contributed by atoms with Crippen molar-refractivity contribution in [1.29, 1.82) is 0 Å². The summed E-state index contributed by atoms with van der Waals surface area (Å²) in [6, 6.07) is 9.21. The first-order chi connectivity index (χ1) is 9.95. The maximum absolute atomic E-state index is 7.50. The summed E-state index contributed by atoms with van der Waals surface area (Å²) >= 11 is 0. The van der Waals surface area contributed by atoms with Crippen LogP contribution in [0.5, 0.6) is 0 Å². The maximum atomic E-state index is 7.50. The van der Waals surface area contributed by atoms with E-state index in [2.05, 4.69) is 67.8 Å². The average molecular weight is 323 g/mol. The van der Waals surface area contributed by atoms with E-state index in [1.54, 1.807) is 0 Å². The topological polar surface area (TPSA) is 71.7 Å². The van der Waals surface area contributed by atoms with Gasteiger partial charge in [0.25, 0.3) is 0 Å². The molecule has 5 heteroatoms. The second-order valence-corrected chi connectivity index (χ2v) is 3.88. The molecule has 0 saturated heterocycles. The van der Waals surface area contributed by atoms with Crippen LogP contribution in [0.3, 0.4) is 0 Å². The van der Waals surface area contributed by atoms with Crippen molar-refractivity contribution in [2.24, 2.45) is 0 Å². The van der Waals surface area contributed by atoms with Crippen molar-refractivity contribution in [2.75, 3.05) is 0 Å². The fourth-order valence-corrected chi connectivity index (χ4v) is 2.29. The summed E-state index contributed by atoms with van der Waals surface area (Å²) < 4.78 is 22.5. The molecule has 1 aromatic carbocycles. The summed E-state index contributed by atoms with van der Waals surface area (Å²) in [5.74, 6) is 0. The van der Waals surface area contributed by atoms with Gasteiger partial charge in [0.05, 0.1) is 0 Å². The van der Waals surface area contributed by atoms with Crippen molar-refractivity contribution in [1.82, 2.24) is 5.32 Å². The van der Waals surface area contributed by atoms with Crippen molar-refractivity contribution in [2.45, 2.75) is 19.0 Å². The van der Waals surface area contributed by atoms with Gasteiger partial charge in [-0.25, -0.2) is 0 Å². The molecule has 1 unspecified atom stereocenters. The van der Waals surface area contributed by atoms with Crippen molar-refractivity contribution in [3.05, 3.63) is 73.6 Å². The zero-order valence-electron chi connectivity index (χ0n) is 11.1. The number of allylic oxidation sites excluding steroid dienone is 2. The summed E-state index contributed by atoms with van der Waals surface area (Å²) in [7, 11) is 0. The van der Waals surface area contributed by atoms with Crippen LogP contribution in [0.25, 0.3) is 5.57 Å². The van der Waals surface area contributed by atoms with Crippen LogP contribution in [0.2, 0.25) is 0 Å². The van der Waals surface area contributed by atoms with Gasteiger partial charge in [0.15, 0.2) is 0 Å². The molecule has 4 nitrogen and oxygen atoms in total. The first kappa shape index (κ1) is 21.7. The molecule has 0 bridgehead atoms. The van der Waals surface area contributed by atoms with Gasteiger partial charge < -0.3 is 5.32 Å². The van der Waals surface area contributed by atoms with Crippen LogP contribution in [-0.4, -0.2) is 6.04 Å².